The Morgan fingerprint density at radius 2 is 1.91 bits per heavy atom. The highest BCUT2D eigenvalue weighted by molar-refractivity contribution is 5.87. The monoisotopic (exact) mass is 300 g/mol. The van der Waals surface area contributed by atoms with Crippen LogP contribution in [-0.4, -0.2) is 17.2 Å². The molecule has 114 valence electrons. The maximum Gasteiger partial charge on any atom is 0.335 e. The van der Waals surface area contributed by atoms with Crippen molar-refractivity contribution < 1.29 is 19.0 Å². The van der Waals surface area contributed by atoms with E-state index < -0.39 is 11.6 Å². The molecule has 1 fully saturated rings. The van der Waals surface area contributed by atoms with Crippen molar-refractivity contribution in [3.63, 3.8) is 0 Å². The van der Waals surface area contributed by atoms with Crippen LogP contribution in [0.3, 0.4) is 0 Å². The minimum Gasteiger partial charge on any atom is -0.478 e. The summed E-state index contributed by atoms with van der Waals surface area (Å²) in [4.78, 5) is 11.0. The zero-order valence-electron chi connectivity index (χ0n) is 12.0. The quantitative estimate of drug-likeness (QED) is 0.910. The molecule has 4 heteroatoms. The lowest BCUT2D eigenvalue weighted by atomic mass is 9.74. The van der Waals surface area contributed by atoms with Crippen molar-refractivity contribution in [3.8, 4) is 0 Å². The number of ether oxygens (including phenoxy) is 1. The van der Waals surface area contributed by atoms with Crippen molar-refractivity contribution in [2.75, 3.05) is 0 Å². The zero-order chi connectivity index (χ0) is 15.6. The molecule has 1 N–H and O–H groups in total. The predicted octanol–water partition coefficient (Wildman–Crippen LogP) is 3.93. The molecule has 3 rings (SSSR count). The highest BCUT2D eigenvalue weighted by Gasteiger charge is 2.47. The molecular formula is C18H17FO3. The smallest absolute Gasteiger partial charge is 0.335 e. The number of hydrogen-bond donors (Lipinski definition) is 1. The van der Waals surface area contributed by atoms with E-state index in [0.717, 1.165) is 5.56 Å². The molecule has 0 heterocycles. The minimum absolute atomic E-state index is 0.114. The van der Waals surface area contributed by atoms with Crippen molar-refractivity contribution in [1.29, 1.82) is 0 Å². The first-order valence-corrected chi connectivity index (χ1v) is 7.25. The van der Waals surface area contributed by atoms with E-state index >= 15 is 0 Å². The van der Waals surface area contributed by atoms with Crippen LogP contribution in [0.4, 0.5) is 4.39 Å². The Bertz CT molecular complexity index is 663. The van der Waals surface area contributed by atoms with Gasteiger partial charge in [-0.2, -0.15) is 0 Å². The van der Waals surface area contributed by atoms with Gasteiger partial charge in [-0.15, -0.1) is 0 Å². The molecule has 0 atom stereocenters. The summed E-state index contributed by atoms with van der Waals surface area (Å²) in [7, 11) is 0. The van der Waals surface area contributed by atoms with Crippen molar-refractivity contribution in [2.45, 2.75) is 31.2 Å². The van der Waals surface area contributed by atoms with Crippen LogP contribution in [0.15, 0.2) is 54.6 Å². The molecule has 1 aliphatic rings. The molecule has 0 unspecified atom stereocenters. The predicted molar refractivity (Wildman–Crippen MR) is 80.4 cm³/mol. The summed E-state index contributed by atoms with van der Waals surface area (Å²) in [6, 6.07) is 15.9. The third-order valence-corrected chi connectivity index (χ3v) is 4.06. The molecule has 1 aliphatic carbocycles. The van der Waals surface area contributed by atoms with Crippen molar-refractivity contribution in [3.05, 3.63) is 71.3 Å². The standard InChI is InChI=1S/C18H17FO3/c19-18(15-8-4-7-14(9-15)17(20)21)10-16(11-18)22-12-13-5-2-1-3-6-13/h1-9,16H,10-12H2,(H,20,21). The summed E-state index contributed by atoms with van der Waals surface area (Å²) < 4.78 is 20.5. The van der Waals surface area contributed by atoms with Crippen LogP contribution in [0, 0.1) is 0 Å². The summed E-state index contributed by atoms with van der Waals surface area (Å²) in [5, 5.41) is 8.98. The van der Waals surface area contributed by atoms with Crippen molar-refractivity contribution in [2.24, 2.45) is 0 Å². The number of benzene rings is 2. The van der Waals surface area contributed by atoms with Gasteiger partial charge in [0.1, 0.15) is 5.67 Å². The molecule has 0 aromatic heterocycles. The average Bonchev–Trinajstić information content (AvgIpc) is 2.51. The lowest BCUT2D eigenvalue weighted by Gasteiger charge is -2.41. The van der Waals surface area contributed by atoms with E-state index in [1.165, 1.54) is 12.1 Å². The Morgan fingerprint density at radius 3 is 2.59 bits per heavy atom. The van der Waals surface area contributed by atoms with Gasteiger partial charge in [0.2, 0.25) is 0 Å². The van der Waals surface area contributed by atoms with Crippen LogP contribution in [0.5, 0.6) is 0 Å². The van der Waals surface area contributed by atoms with Gasteiger partial charge in [-0.1, -0.05) is 42.5 Å². The van der Waals surface area contributed by atoms with E-state index in [1.807, 2.05) is 30.3 Å². The fourth-order valence-electron chi connectivity index (χ4n) is 2.73. The molecule has 0 amide bonds. The second-order valence-electron chi connectivity index (χ2n) is 5.68. The molecule has 2 aromatic rings. The van der Waals surface area contributed by atoms with Crippen LogP contribution in [-0.2, 0) is 17.0 Å². The normalized spacial score (nSPS) is 23.8. The SMILES string of the molecule is O=C(O)c1cccc(C2(F)CC(OCc3ccccc3)C2)c1. The van der Waals surface area contributed by atoms with E-state index in [1.54, 1.807) is 12.1 Å². The number of alkyl halides is 1. The Labute approximate surface area is 128 Å². The maximum absolute atomic E-state index is 14.8. The number of carboxylic acid groups (broad SMARTS) is 1. The van der Waals surface area contributed by atoms with Crippen LogP contribution < -0.4 is 0 Å². The highest BCUT2D eigenvalue weighted by atomic mass is 19.1. The Kier molecular flexibility index (Phi) is 3.94. The zero-order valence-corrected chi connectivity index (χ0v) is 12.0. The summed E-state index contributed by atoms with van der Waals surface area (Å²) >= 11 is 0. The van der Waals surface area contributed by atoms with Crippen molar-refractivity contribution in [1.82, 2.24) is 0 Å². The highest BCUT2D eigenvalue weighted by Crippen LogP contribution is 2.47. The first-order chi connectivity index (χ1) is 10.6. The van der Waals surface area contributed by atoms with Crippen molar-refractivity contribution >= 4 is 5.97 Å². The van der Waals surface area contributed by atoms with Gasteiger partial charge in [0, 0.05) is 12.8 Å². The third-order valence-electron chi connectivity index (χ3n) is 4.06. The van der Waals surface area contributed by atoms with E-state index in [-0.39, 0.29) is 24.5 Å². The van der Waals surface area contributed by atoms with E-state index in [4.69, 9.17) is 9.84 Å². The molecule has 0 spiro atoms. The first kappa shape index (κ1) is 14.7. The number of halogens is 1. The molecule has 0 radical (unpaired) electrons. The maximum atomic E-state index is 14.8. The second kappa shape index (κ2) is 5.89. The Balaban J connectivity index is 1.59. The van der Waals surface area contributed by atoms with Gasteiger partial charge in [-0.3, -0.25) is 0 Å². The fourth-order valence-corrected chi connectivity index (χ4v) is 2.73. The first-order valence-electron chi connectivity index (χ1n) is 7.25. The Hall–Kier alpha value is -2.20. The number of aromatic carboxylic acids is 1. The minimum atomic E-state index is -1.48. The summed E-state index contributed by atoms with van der Waals surface area (Å²) in [6.45, 7) is 0.469. The number of carbonyl (C=O) groups is 1. The largest absolute Gasteiger partial charge is 0.478 e. The van der Waals surface area contributed by atoms with E-state index in [0.29, 0.717) is 12.2 Å². The second-order valence-corrected chi connectivity index (χ2v) is 5.68. The molecule has 3 nitrogen and oxygen atoms in total. The average molecular weight is 300 g/mol. The topological polar surface area (TPSA) is 46.5 Å². The fraction of sp³-hybridized carbons (Fsp3) is 0.278. The number of hydrogen-bond acceptors (Lipinski definition) is 2. The van der Waals surface area contributed by atoms with Gasteiger partial charge in [0.25, 0.3) is 0 Å². The van der Waals surface area contributed by atoms with Crippen LogP contribution in [0.1, 0.15) is 34.3 Å². The van der Waals surface area contributed by atoms with Gasteiger partial charge < -0.3 is 9.84 Å². The molecule has 0 aliphatic heterocycles. The van der Waals surface area contributed by atoms with E-state index in [2.05, 4.69) is 0 Å². The Morgan fingerprint density at radius 1 is 1.18 bits per heavy atom. The summed E-state index contributed by atoms with van der Waals surface area (Å²) in [6.07, 6.45) is 0.407. The molecular weight excluding hydrogens is 283 g/mol. The lowest BCUT2D eigenvalue weighted by Crippen LogP contribution is -2.42. The van der Waals surface area contributed by atoms with Gasteiger partial charge in [0.05, 0.1) is 18.3 Å². The van der Waals surface area contributed by atoms with Crippen LogP contribution >= 0.6 is 0 Å². The summed E-state index contributed by atoms with van der Waals surface area (Å²) in [5.74, 6) is -1.04. The lowest BCUT2D eigenvalue weighted by molar-refractivity contribution is -0.107. The van der Waals surface area contributed by atoms with Gasteiger partial charge >= 0.3 is 5.97 Å². The van der Waals surface area contributed by atoms with Crippen LogP contribution in [0.25, 0.3) is 0 Å². The molecule has 0 saturated heterocycles. The number of carboxylic acids is 1. The van der Waals surface area contributed by atoms with Gasteiger partial charge in [-0.05, 0) is 23.3 Å². The molecule has 2 aromatic carbocycles. The number of rotatable bonds is 5. The van der Waals surface area contributed by atoms with Crippen LogP contribution in [0.2, 0.25) is 0 Å². The summed E-state index contributed by atoms with van der Waals surface area (Å²) in [5.41, 5.74) is 0.120. The van der Waals surface area contributed by atoms with Gasteiger partial charge in [-0.25, -0.2) is 9.18 Å². The third kappa shape index (κ3) is 3.02. The van der Waals surface area contributed by atoms with Gasteiger partial charge in [0.15, 0.2) is 0 Å². The molecule has 0 bridgehead atoms. The molecule has 22 heavy (non-hydrogen) atoms. The molecule has 1 saturated carbocycles. The van der Waals surface area contributed by atoms with E-state index in [9.17, 15) is 9.18 Å².